The van der Waals surface area contributed by atoms with Crippen molar-refractivity contribution < 1.29 is 9.53 Å². The molecule has 0 aliphatic carbocycles. The Labute approximate surface area is 160 Å². The molecule has 1 saturated heterocycles. The number of anilines is 2. The Kier molecular flexibility index (Phi) is 5.30. The van der Waals surface area contributed by atoms with E-state index in [9.17, 15) is 4.79 Å². The molecule has 142 valence electrons. The predicted molar refractivity (Wildman–Crippen MR) is 108 cm³/mol. The van der Waals surface area contributed by atoms with Crippen molar-refractivity contribution in [2.75, 3.05) is 37.4 Å². The summed E-state index contributed by atoms with van der Waals surface area (Å²) in [7, 11) is 1.62. The van der Waals surface area contributed by atoms with Crippen LogP contribution in [0.25, 0.3) is 0 Å². The molecule has 2 heterocycles. The van der Waals surface area contributed by atoms with Crippen molar-refractivity contribution in [3.05, 3.63) is 53.6 Å². The molecule has 0 saturated carbocycles. The predicted octanol–water partition coefficient (Wildman–Crippen LogP) is 3.51. The van der Waals surface area contributed by atoms with E-state index in [2.05, 4.69) is 33.7 Å². The van der Waals surface area contributed by atoms with E-state index in [0.29, 0.717) is 5.75 Å². The zero-order chi connectivity index (χ0) is 18.6. The quantitative estimate of drug-likeness (QED) is 0.851. The molecule has 0 aromatic heterocycles. The van der Waals surface area contributed by atoms with Crippen LogP contribution in [0.15, 0.2) is 42.5 Å². The number of fused-ring (bicyclic) bond motifs is 1. The van der Waals surface area contributed by atoms with Gasteiger partial charge in [-0.25, -0.2) is 0 Å². The first-order valence-corrected chi connectivity index (χ1v) is 9.75. The second-order valence-corrected chi connectivity index (χ2v) is 7.37. The standard InChI is InChI=1S/C22H27N3O2/c1-27-20-8-3-2-7-19(20)24-22(26)17-10-13-25(14-11-17)15-18-6-4-5-16-9-12-23-21(16)18/h2-8,17,23H,9-15H2,1H3,(H,24,26). The van der Waals surface area contributed by atoms with Crippen molar-refractivity contribution in [2.45, 2.75) is 25.8 Å². The van der Waals surface area contributed by atoms with E-state index in [-0.39, 0.29) is 11.8 Å². The number of benzene rings is 2. The molecule has 1 fully saturated rings. The van der Waals surface area contributed by atoms with Crippen LogP contribution in [0, 0.1) is 5.92 Å². The molecule has 2 aromatic carbocycles. The number of para-hydroxylation sites is 3. The average Bonchev–Trinajstić information content (AvgIpc) is 3.19. The fourth-order valence-electron chi connectivity index (χ4n) is 4.12. The number of ether oxygens (including phenoxy) is 1. The van der Waals surface area contributed by atoms with Crippen molar-refractivity contribution in [2.24, 2.45) is 5.92 Å². The molecule has 0 spiro atoms. The number of carbonyl (C=O) groups is 1. The van der Waals surface area contributed by atoms with E-state index in [1.165, 1.54) is 16.8 Å². The highest BCUT2D eigenvalue weighted by atomic mass is 16.5. The van der Waals surface area contributed by atoms with Gasteiger partial charge in [0.1, 0.15) is 5.75 Å². The van der Waals surface area contributed by atoms with E-state index < -0.39 is 0 Å². The Morgan fingerprint density at radius 3 is 2.81 bits per heavy atom. The fraction of sp³-hybridized carbons (Fsp3) is 0.409. The molecule has 0 atom stereocenters. The third kappa shape index (κ3) is 3.93. The maximum absolute atomic E-state index is 12.7. The Hall–Kier alpha value is -2.53. The van der Waals surface area contributed by atoms with Gasteiger partial charge in [-0.15, -0.1) is 0 Å². The number of piperidine rings is 1. The number of hydrogen-bond donors (Lipinski definition) is 2. The van der Waals surface area contributed by atoms with E-state index in [1.807, 2.05) is 24.3 Å². The van der Waals surface area contributed by atoms with Crippen LogP contribution in [0.3, 0.4) is 0 Å². The maximum Gasteiger partial charge on any atom is 0.227 e. The number of nitrogens with one attached hydrogen (secondary N) is 2. The molecule has 0 radical (unpaired) electrons. The Balaban J connectivity index is 1.32. The van der Waals surface area contributed by atoms with Gasteiger partial charge in [0, 0.05) is 24.7 Å². The van der Waals surface area contributed by atoms with Gasteiger partial charge in [0.2, 0.25) is 5.91 Å². The van der Waals surface area contributed by atoms with Crippen LogP contribution < -0.4 is 15.4 Å². The summed E-state index contributed by atoms with van der Waals surface area (Å²) in [6.45, 7) is 3.90. The molecular weight excluding hydrogens is 338 g/mol. The Bertz CT molecular complexity index is 813. The van der Waals surface area contributed by atoms with Gasteiger partial charge in [0.05, 0.1) is 12.8 Å². The van der Waals surface area contributed by atoms with Crippen LogP contribution in [-0.4, -0.2) is 37.6 Å². The highest BCUT2D eigenvalue weighted by Gasteiger charge is 2.26. The summed E-state index contributed by atoms with van der Waals surface area (Å²) >= 11 is 0. The van der Waals surface area contributed by atoms with Gasteiger partial charge in [-0.2, -0.15) is 0 Å². The van der Waals surface area contributed by atoms with Gasteiger partial charge in [0.15, 0.2) is 0 Å². The molecule has 0 bridgehead atoms. The zero-order valence-electron chi connectivity index (χ0n) is 15.8. The second kappa shape index (κ2) is 8.01. The third-order valence-electron chi connectivity index (χ3n) is 5.65. The van der Waals surface area contributed by atoms with Crippen LogP contribution in [0.2, 0.25) is 0 Å². The molecule has 2 aliphatic heterocycles. The minimum Gasteiger partial charge on any atom is -0.495 e. The Morgan fingerprint density at radius 2 is 2.00 bits per heavy atom. The van der Waals surface area contributed by atoms with Crippen LogP contribution in [-0.2, 0) is 17.8 Å². The summed E-state index contributed by atoms with van der Waals surface area (Å²) in [6.07, 6.45) is 2.90. The molecule has 4 rings (SSSR count). The van der Waals surface area contributed by atoms with Crippen molar-refractivity contribution >= 4 is 17.3 Å². The lowest BCUT2D eigenvalue weighted by molar-refractivity contribution is -0.121. The van der Waals surface area contributed by atoms with Crippen molar-refractivity contribution in [1.82, 2.24) is 4.90 Å². The van der Waals surface area contributed by atoms with Gasteiger partial charge < -0.3 is 15.4 Å². The lowest BCUT2D eigenvalue weighted by Gasteiger charge is -2.31. The highest BCUT2D eigenvalue weighted by Crippen LogP contribution is 2.29. The number of rotatable bonds is 5. The number of carbonyl (C=O) groups excluding carboxylic acids is 1. The van der Waals surface area contributed by atoms with Gasteiger partial charge in [-0.05, 0) is 55.6 Å². The van der Waals surface area contributed by atoms with Crippen LogP contribution in [0.5, 0.6) is 5.75 Å². The van der Waals surface area contributed by atoms with E-state index in [0.717, 1.165) is 51.1 Å². The fourth-order valence-corrected chi connectivity index (χ4v) is 4.12. The molecule has 5 nitrogen and oxygen atoms in total. The van der Waals surface area contributed by atoms with Gasteiger partial charge in [-0.1, -0.05) is 30.3 Å². The first-order valence-electron chi connectivity index (χ1n) is 9.75. The van der Waals surface area contributed by atoms with Gasteiger partial charge in [0.25, 0.3) is 0 Å². The number of amides is 1. The zero-order valence-corrected chi connectivity index (χ0v) is 15.8. The monoisotopic (exact) mass is 365 g/mol. The summed E-state index contributed by atoms with van der Waals surface area (Å²) in [4.78, 5) is 15.1. The number of hydrogen-bond acceptors (Lipinski definition) is 4. The second-order valence-electron chi connectivity index (χ2n) is 7.37. The Morgan fingerprint density at radius 1 is 1.19 bits per heavy atom. The first kappa shape index (κ1) is 17.9. The maximum atomic E-state index is 12.7. The normalized spacial score (nSPS) is 17.2. The number of likely N-dealkylation sites (tertiary alicyclic amines) is 1. The van der Waals surface area contributed by atoms with Crippen molar-refractivity contribution in [3.8, 4) is 5.75 Å². The van der Waals surface area contributed by atoms with Crippen molar-refractivity contribution in [3.63, 3.8) is 0 Å². The SMILES string of the molecule is COc1ccccc1NC(=O)C1CCN(Cc2cccc3c2NCC3)CC1. The van der Waals surface area contributed by atoms with E-state index >= 15 is 0 Å². The molecule has 5 heteroatoms. The molecule has 1 amide bonds. The minimum absolute atomic E-state index is 0.0609. The van der Waals surface area contributed by atoms with E-state index in [1.54, 1.807) is 7.11 Å². The van der Waals surface area contributed by atoms with Crippen LogP contribution in [0.1, 0.15) is 24.0 Å². The summed E-state index contributed by atoms with van der Waals surface area (Å²) in [6, 6.07) is 14.2. The molecule has 27 heavy (non-hydrogen) atoms. The van der Waals surface area contributed by atoms with Crippen LogP contribution >= 0.6 is 0 Å². The lowest BCUT2D eigenvalue weighted by Crippen LogP contribution is -2.37. The minimum atomic E-state index is 0.0609. The molecule has 0 unspecified atom stereocenters. The average molecular weight is 365 g/mol. The smallest absolute Gasteiger partial charge is 0.227 e. The molecule has 2 N–H and O–H groups in total. The molecule has 2 aromatic rings. The summed E-state index contributed by atoms with van der Waals surface area (Å²) in [5.41, 5.74) is 4.88. The van der Waals surface area contributed by atoms with E-state index in [4.69, 9.17) is 4.74 Å². The largest absolute Gasteiger partial charge is 0.495 e. The lowest BCUT2D eigenvalue weighted by atomic mass is 9.95. The first-order chi connectivity index (χ1) is 13.2. The topological polar surface area (TPSA) is 53.6 Å². The highest BCUT2D eigenvalue weighted by molar-refractivity contribution is 5.94. The third-order valence-corrected chi connectivity index (χ3v) is 5.65. The van der Waals surface area contributed by atoms with Gasteiger partial charge in [-0.3, -0.25) is 9.69 Å². The van der Waals surface area contributed by atoms with Gasteiger partial charge >= 0.3 is 0 Å². The van der Waals surface area contributed by atoms with Crippen molar-refractivity contribution in [1.29, 1.82) is 0 Å². The molecule has 2 aliphatic rings. The summed E-state index contributed by atoms with van der Waals surface area (Å²) in [5.74, 6) is 0.862. The summed E-state index contributed by atoms with van der Waals surface area (Å²) < 4.78 is 5.32. The number of nitrogens with zero attached hydrogens (tertiary/aromatic N) is 1. The number of methoxy groups -OCH3 is 1. The summed E-state index contributed by atoms with van der Waals surface area (Å²) in [5, 5.41) is 6.56. The molecular formula is C22H27N3O2. The van der Waals surface area contributed by atoms with Crippen LogP contribution in [0.4, 0.5) is 11.4 Å².